The van der Waals surface area contributed by atoms with Crippen LogP contribution in [0.1, 0.15) is 25.7 Å². The van der Waals surface area contributed by atoms with Gasteiger partial charge in [-0.1, -0.05) is 54.7 Å². The molecule has 0 fully saturated rings. The van der Waals surface area contributed by atoms with Gasteiger partial charge in [0.05, 0.1) is 0 Å². The Morgan fingerprint density at radius 1 is 0.643 bits per heavy atom. The lowest BCUT2D eigenvalue weighted by molar-refractivity contribution is 1.04. The van der Waals surface area contributed by atoms with Crippen LogP contribution in [0.2, 0.25) is 0 Å². The van der Waals surface area contributed by atoms with Gasteiger partial charge in [-0.2, -0.15) is 0 Å². The summed E-state index contributed by atoms with van der Waals surface area (Å²) in [5.74, 6) is 0. The summed E-state index contributed by atoms with van der Waals surface area (Å²) in [5.41, 5.74) is 0. The van der Waals surface area contributed by atoms with Crippen LogP contribution in [0.5, 0.6) is 0 Å². The molecule has 0 bridgehead atoms. The lowest BCUT2D eigenvalue weighted by atomic mass is 10.2. The summed E-state index contributed by atoms with van der Waals surface area (Å²) < 4.78 is 0. The zero-order chi connectivity index (χ0) is 9.90. The fourth-order valence-corrected chi connectivity index (χ4v) is 1.16. The highest BCUT2D eigenvalue weighted by Crippen LogP contribution is 1.97. The quantitative estimate of drug-likeness (QED) is 0.532. The monoisotopic (exact) mass is 185 g/mol. The van der Waals surface area contributed by atoms with Crippen molar-refractivity contribution in [3.63, 3.8) is 0 Å². The molecule has 73 valence electrons. The first-order chi connectivity index (χ1) is 7.00. The van der Waals surface area contributed by atoms with Crippen LogP contribution in [0.15, 0.2) is 54.7 Å². The molecule has 1 radical (unpaired) electrons. The summed E-state index contributed by atoms with van der Waals surface area (Å²) in [6, 6.07) is 0. The van der Waals surface area contributed by atoms with E-state index in [0.29, 0.717) is 0 Å². The van der Waals surface area contributed by atoms with Gasteiger partial charge in [0.2, 0.25) is 0 Å². The van der Waals surface area contributed by atoms with Crippen LogP contribution in [0, 0.1) is 6.08 Å². The molecule has 14 heavy (non-hydrogen) atoms. The molecule has 0 atom stereocenters. The Labute approximate surface area is 87.0 Å². The van der Waals surface area contributed by atoms with Gasteiger partial charge in [0, 0.05) is 0 Å². The molecular formula is C14H17. The molecule has 0 N–H and O–H groups in total. The molecule has 1 rings (SSSR count). The molecule has 0 aliphatic heterocycles. The maximum absolute atomic E-state index is 3.10. The van der Waals surface area contributed by atoms with Crippen LogP contribution in [-0.4, -0.2) is 0 Å². The van der Waals surface area contributed by atoms with Crippen molar-refractivity contribution in [3.05, 3.63) is 60.8 Å². The van der Waals surface area contributed by atoms with Gasteiger partial charge in [0.1, 0.15) is 0 Å². The average molecular weight is 185 g/mol. The van der Waals surface area contributed by atoms with E-state index in [4.69, 9.17) is 0 Å². The maximum Gasteiger partial charge on any atom is -0.0187 e. The number of allylic oxidation sites excluding steroid dienone is 10. The summed E-state index contributed by atoms with van der Waals surface area (Å²) in [6.07, 6.45) is 26.5. The highest BCUT2D eigenvalue weighted by Gasteiger charge is 1.77. The Balaban J connectivity index is 2.45. The minimum absolute atomic E-state index is 1.09. The van der Waals surface area contributed by atoms with Crippen LogP contribution in [-0.2, 0) is 0 Å². The first-order valence-electron chi connectivity index (χ1n) is 5.21. The fourth-order valence-electron chi connectivity index (χ4n) is 1.16. The largest absolute Gasteiger partial charge is 0.0842 e. The lowest BCUT2D eigenvalue weighted by Crippen LogP contribution is -1.66. The van der Waals surface area contributed by atoms with E-state index in [0.717, 1.165) is 25.7 Å². The Kier molecular flexibility index (Phi) is 6.39. The van der Waals surface area contributed by atoms with Gasteiger partial charge in [0.15, 0.2) is 0 Å². The second-order valence-electron chi connectivity index (χ2n) is 3.17. The van der Waals surface area contributed by atoms with Crippen LogP contribution >= 0.6 is 0 Å². The van der Waals surface area contributed by atoms with E-state index in [1.807, 2.05) is 12.2 Å². The SMILES string of the molecule is [C]1=CC=CCCC=CC=CCCC=C1. The minimum Gasteiger partial charge on any atom is -0.0842 e. The summed E-state index contributed by atoms with van der Waals surface area (Å²) in [5, 5.41) is 0. The van der Waals surface area contributed by atoms with Crippen LogP contribution in [0.4, 0.5) is 0 Å². The van der Waals surface area contributed by atoms with Gasteiger partial charge >= 0.3 is 0 Å². The number of hydrogen-bond donors (Lipinski definition) is 0. The molecule has 0 aromatic carbocycles. The molecule has 0 heterocycles. The molecule has 0 saturated heterocycles. The van der Waals surface area contributed by atoms with Crippen molar-refractivity contribution in [2.45, 2.75) is 25.7 Å². The van der Waals surface area contributed by atoms with Crippen molar-refractivity contribution in [1.82, 2.24) is 0 Å². The summed E-state index contributed by atoms with van der Waals surface area (Å²) in [6.45, 7) is 0. The highest BCUT2D eigenvalue weighted by molar-refractivity contribution is 5.08. The Bertz CT molecular complexity index is 234. The molecule has 0 saturated carbocycles. The van der Waals surface area contributed by atoms with E-state index in [1.54, 1.807) is 0 Å². The van der Waals surface area contributed by atoms with Crippen molar-refractivity contribution in [2.75, 3.05) is 0 Å². The third-order valence-electron chi connectivity index (χ3n) is 1.93. The predicted octanol–water partition coefficient (Wildman–Crippen LogP) is 4.14. The molecule has 0 aromatic rings. The highest BCUT2D eigenvalue weighted by atomic mass is 13.8. The molecule has 0 spiro atoms. The zero-order valence-electron chi connectivity index (χ0n) is 8.52. The van der Waals surface area contributed by atoms with E-state index >= 15 is 0 Å². The molecule has 0 amide bonds. The van der Waals surface area contributed by atoms with E-state index in [9.17, 15) is 0 Å². The van der Waals surface area contributed by atoms with Gasteiger partial charge in [-0.25, -0.2) is 0 Å². The number of rotatable bonds is 0. The third-order valence-corrected chi connectivity index (χ3v) is 1.93. The van der Waals surface area contributed by atoms with Crippen molar-refractivity contribution < 1.29 is 0 Å². The van der Waals surface area contributed by atoms with E-state index in [-0.39, 0.29) is 0 Å². The van der Waals surface area contributed by atoms with Crippen molar-refractivity contribution in [3.8, 4) is 0 Å². The first kappa shape index (κ1) is 10.8. The average Bonchev–Trinajstić information content (AvgIpc) is 2.22. The topological polar surface area (TPSA) is 0 Å². The van der Waals surface area contributed by atoms with E-state index in [2.05, 4.69) is 48.6 Å². The summed E-state index contributed by atoms with van der Waals surface area (Å²) >= 11 is 0. The van der Waals surface area contributed by atoms with Gasteiger partial charge in [-0.05, 0) is 31.8 Å². The zero-order valence-corrected chi connectivity index (χ0v) is 8.52. The van der Waals surface area contributed by atoms with Crippen molar-refractivity contribution in [1.29, 1.82) is 0 Å². The minimum atomic E-state index is 1.09. The molecule has 0 heteroatoms. The molecule has 0 nitrogen and oxygen atoms in total. The lowest BCUT2D eigenvalue weighted by Gasteiger charge is -1.87. The Hall–Kier alpha value is -1.30. The first-order valence-corrected chi connectivity index (χ1v) is 5.21. The van der Waals surface area contributed by atoms with Crippen molar-refractivity contribution >= 4 is 0 Å². The van der Waals surface area contributed by atoms with Crippen molar-refractivity contribution in [2.24, 2.45) is 0 Å². The summed E-state index contributed by atoms with van der Waals surface area (Å²) in [7, 11) is 0. The van der Waals surface area contributed by atoms with Gasteiger partial charge < -0.3 is 0 Å². The van der Waals surface area contributed by atoms with Gasteiger partial charge in [0.25, 0.3) is 0 Å². The normalized spacial score (nSPS) is 18.3. The second-order valence-corrected chi connectivity index (χ2v) is 3.17. The Morgan fingerprint density at radius 3 is 1.93 bits per heavy atom. The third kappa shape index (κ3) is 6.24. The molecule has 1 aliphatic carbocycles. The molecular weight excluding hydrogens is 168 g/mol. The fraction of sp³-hybridized carbons (Fsp3) is 0.286. The molecule has 0 unspecified atom stereocenters. The summed E-state index contributed by atoms with van der Waals surface area (Å²) in [4.78, 5) is 0. The molecule has 1 aliphatic rings. The van der Waals surface area contributed by atoms with E-state index < -0.39 is 0 Å². The van der Waals surface area contributed by atoms with Crippen LogP contribution in [0.3, 0.4) is 0 Å². The van der Waals surface area contributed by atoms with Crippen LogP contribution in [0.25, 0.3) is 0 Å². The van der Waals surface area contributed by atoms with Crippen LogP contribution < -0.4 is 0 Å². The van der Waals surface area contributed by atoms with Gasteiger partial charge in [-0.3, -0.25) is 0 Å². The molecule has 0 aromatic heterocycles. The smallest absolute Gasteiger partial charge is 0.0187 e. The van der Waals surface area contributed by atoms with Gasteiger partial charge in [-0.15, -0.1) is 0 Å². The second kappa shape index (κ2) is 8.31. The predicted molar refractivity (Wildman–Crippen MR) is 62.8 cm³/mol. The Morgan fingerprint density at radius 2 is 1.21 bits per heavy atom. The standard InChI is InChI=1S/C14H17/c1-2-4-6-8-10-12-14-13-11-9-7-5-3-1/h1-4,9-13H,5-8H2. The maximum atomic E-state index is 3.10. The number of hydrogen-bond acceptors (Lipinski definition) is 0. The van der Waals surface area contributed by atoms with E-state index in [1.165, 1.54) is 0 Å².